The highest BCUT2D eigenvalue weighted by Crippen LogP contribution is 2.68. The number of hydrogen-bond donors (Lipinski definition) is 5. The lowest BCUT2D eigenvalue weighted by Crippen LogP contribution is -2.75. The first-order valence-electron chi connectivity index (χ1n) is 15.6. The van der Waals surface area contributed by atoms with Crippen LogP contribution < -0.4 is 9.47 Å². The highest BCUT2D eigenvalue weighted by molar-refractivity contribution is 6.02. The molecule has 0 radical (unpaired) electrons. The molecule has 258 valence electrons. The van der Waals surface area contributed by atoms with Gasteiger partial charge in [0.25, 0.3) is 11.6 Å². The van der Waals surface area contributed by atoms with Crippen LogP contribution in [0, 0.1) is 13.3 Å². The summed E-state index contributed by atoms with van der Waals surface area (Å²) < 4.78 is 49.2. The van der Waals surface area contributed by atoms with Gasteiger partial charge in [0.2, 0.25) is 6.29 Å². The molecular weight excluding hydrogens is 620 g/mol. The molecule has 5 aliphatic rings. The smallest absolute Gasteiger partial charge is 0.274 e. The third-order valence-corrected chi connectivity index (χ3v) is 10.8. The number of aryl methyl sites for hydroxylation is 1. The van der Waals surface area contributed by atoms with Crippen LogP contribution in [0.5, 0.6) is 17.2 Å². The van der Waals surface area contributed by atoms with Crippen LogP contribution in [-0.2, 0) is 39.6 Å². The van der Waals surface area contributed by atoms with E-state index < -0.39 is 71.7 Å². The molecule has 2 aromatic carbocycles. The van der Waals surface area contributed by atoms with Gasteiger partial charge in [-0.05, 0) is 64.7 Å². The maximum Gasteiger partial charge on any atom is 0.274 e. The number of methoxy groups -OCH3 is 3. The molecule has 0 spiro atoms. The van der Waals surface area contributed by atoms with Gasteiger partial charge in [0.1, 0.15) is 29.0 Å². The van der Waals surface area contributed by atoms with Crippen LogP contribution >= 0.6 is 0 Å². The number of carbonyl (C=O) groups is 1. The Kier molecular flexibility index (Phi) is 7.48. The van der Waals surface area contributed by atoms with Gasteiger partial charge in [0.15, 0.2) is 17.5 Å². The summed E-state index contributed by atoms with van der Waals surface area (Å²) in [6, 6.07) is 1.84. The van der Waals surface area contributed by atoms with E-state index in [4.69, 9.17) is 37.9 Å². The zero-order valence-electron chi connectivity index (χ0n) is 27.2. The zero-order valence-corrected chi connectivity index (χ0v) is 27.2. The second kappa shape index (κ2) is 10.7. The maximum atomic E-state index is 12.5. The number of benzene rings is 2. The topological polar surface area (TPSA) is 192 Å². The molecule has 4 aliphatic heterocycles. The molecule has 1 aliphatic carbocycles. The number of carbonyl (C=O) groups excluding carboxylic acids is 1. The molecule has 0 aromatic heterocycles. The van der Waals surface area contributed by atoms with Crippen molar-refractivity contribution in [2.24, 2.45) is 0 Å². The Balaban J connectivity index is 1.45. The number of Topliss-reactive ketones (excluding diaryl/α,β-unsaturated/α-hetero) is 1. The Morgan fingerprint density at radius 2 is 1.83 bits per heavy atom. The Hall–Kier alpha value is -2.63. The summed E-state index contributed by atoms with van der Waals surface area (Å²) in [5.74, 6) is -4.57. The van der Waals surface area contributed by atoms with Crippen molar-refractivity contribution in [2.75, 3.05) is 21.3 Å². The fraction of sp³-hybridized carbons (Fsp3) is 0.636. The van der Waals surface area contributed by atoms with Gasteiger partial charge in [-0.3, -0.25) is 4.79 Å². The standard InChI is InChI=1S/C33H41O14/c1-13-11-17-23(24(37)22-16(25(17)40-5)9-8-10-18(22)35)26-21(13)27-28-32(45-26,30(4,38)33(46-27,47-28)29(41-6)42-7)44-20-12-19(36)31(39,14(2)34)15(3)43-20/h11-12,15,18-20,27-29,35-39H,8-10H2,1-7H3/q-1/t15-,18?,19+,20-,27-,28-,30-,31+,32+,33-/m0/s1. The molecule has 3 fully saturated rings. The van der Waals surface area contributed by atoms with Crippen molar-refractivity contribution in [3.8, 4) is 17.2 Å². The minimum atomic E-state index is -2.25. The van der Waals surface area contributed by atoms with Crippen LogP contribution in [-0.4, -0.2) is 106 Å². The Morgan fingerprint density at radius 1 is 1.13 bits per heavy atom. The average molecular weight is 662 g/mol. The quantitative estimate of drug-likeness (QED) is 0.212. The number of hydrogen-bond acceptors (Lipinski definition) is 14. The van der Waals surface area contributed by atoms with Crippen LogP contribution in [0.2, 0.25) is 0 Å². The molecule has 14 nitrogen and oxygen atoms in total. The third kappa shape index (κ3) is 3.93. The van der Waals surface area contributed by atoms with E-state index in [0.717, 1.165) is 13.3 Å². The first-order chi connectivity index (χ1) is 22.1. The minimum Gasteiger partial charge on any atom is -0.507 e. The van der Waals surface area contributed by atoms with E-state index in [0.29, 0.717) is 52.7 Å². The van der Waals surface area contributed by atoms with Gasteiger partial charge in [-0.15, -0.1) is 0 Å². The van der Waals surface area contributed by atoms with Crippen molar-refractivity contribution >= 4 is 16.6 Å². The summed E-state index contributed by atoms with van der Waals surface area (Å²) in [5.41, 5.74) is -2.30. The molecule has 1 unspecified atom stereocenters. The molecular formula is C33H41O14-. The van der Waals surface area contributed by atoms with Crippen molar-refractivity contribution in [2.45, 2.75) is 113 Å². The van der Waals surface area contributed by atoms with Crippen molar-refractivity contribution in [3.05, 3.63) is 34.7 Å². The SMILES string of the molecule is COc1c2c(c(O)c3c4c(c(C)cc13)[C@@H]1O[C@@]3(C(OC)OC)O[C@@H]1[C@@](O[C@H]1[CH-][C@@H](O)[C@@](O)(C(C)=O)[C@H](C)O1)(O4)[C@]3(C)O)C(O)CCC2. The van der Waals surface area contributed by atoms with Crippen molar-refractivity contribution in [1.82, 2.24) is 0 Å². The lowest BCUT2D eigenvalue weighted by molar-refractivity contribution is -0.415. The summed E-state index contributed by atoms with van der Waals surface area (Å²) in [4.78, 5) is 12.3. The summed E-state index contributed by atoms with van der Waals surface area (Å²) in [5, 5.41) is 58.0. The molecule has 4 heterocycles. The van der Waals surface area contributed by atoms with Gasteiger partial charge >= 0.3 is 0 Å². The Labute approximate surface area is 271 Å². The first-order valence-corrected chi connectivity index (χ1v) is 15.6. The number of aromatic hydroxyl groups is 1. The van der Waals surface area contributed by atoms with Crippen molar-refractivity contribution in [3.63, 3.8) is 0 Å². The van der Waals surface area contributed by atoms with Crippen LogP contribution in [0.15, 0.2) is 6.07 Å². The molecule has 7 rings (SSSR count). The lowest BCUT2D eigenvalue weighted by atomic mass is 9.76. The predicted molar refractivity (Wildman–Crippen MR) is 159 cm³/mol. The predicted octanol–water partition coefficient (Wildman–Crippen LogP) is 1.50. The fourth-order valence-corrected chi connectivity index (χ4v) is 8.34. The number of fused-ring (bicyclic) bond motifs is 6. The molecule has 0 amide bonds. The van der Waals surface area contributed by atoms with Gasteiger partial charge in [0.05, 0.1) is 24.7 Å². The van der Waals surface area contributed by atoms with E-state index in [2.05, 4.69) is 0 Å². The van der Waals surface area contributed by atoms with Gasteiger partial charge in [-0.1, -0.05) is 0 Å². The second-order valence-corrected chi connectivity index (χ2v) is 13.2. The number of aliphatic hydroxyl groups excluding tert-OH is 2. The van der Waals surface area contributed by atoms with Gasteiger partial charge in [-0.25, -0.2) is 6.42 Å². The average Bonchev–Trinajstić information content (AvgIpc) is 3.50. The van der Waals surface area contributed by atoms with Crippen LogP contribution in [0.4, 0.5) is 0 Å². The van der Waals surface area contributed by atoms with Gasteiger partial charge in [0, 0.05) is 42.6 Å². The second-order valence-electron chi connectivity index (χ2n) is 13.2. The van der Waals surface area contributed by atoms with Crippen LogP contribution in [0.3, 0.4) is 0 Å². The number of phenols is 1. The van der Waals surface area contributed by atoms with E-state index in [-0.39, 0.29) is 16.9 Å². The minimum absolute atomic E-state index is 0.0908. The molecule has 47 heavy (non-hydrogen) atoms. The first kappa shape index (κ1) is 32.9. The Morgan fingerprint density at radius 3 is 2.45 bits per heavy atom. The summed E-state index contributed by atoms with van der Waals surface area (Å²) in [6.07, 6.45) is -6.02. The third-order valence-electron chi connectivity index (χ3n) is 10.8. The number of rotatable bonds is 7. The molecule has 10 atom stereocenters. The van der Waals surface area contributed by atoms with E-state index in [1.807, 2.05) is 13.0 Å². The number of aliphatic hydroxyl groups is 4. The fourth-order valence-electron chi connectivity index (χ4n) is 8.34. The number of phenolic OH excluding ortho intramolecular Hbond substituents is 1. The van der Waals surface area contributed by atoms with E-state index in [1.54, 1.807) is 0 Å². The zero-order chi connectivity index (χ0) is 34.0. The molecule has 2 bridgehead atoms. The van der Waals surface area contributed by atoms with E-state index >= 15 is 0 Å². The molecule has 2 aromatic rings. The largest absolute Gasteiger partial charge is 0.507 e. The van der Waals surface area contributed by atoms with E-state index in [1.165, 1.54) is 35.2 Å². The number of ether oxygens (including phenoxy) is 8. The number of ketones is 1. The molecule has 14 heteroatoms. The molecule has 3 saturated heterocycles. The maximum absolute atomic E-state index is 12.5. The lowest BCUT2D eigenvalue weighted by Gasteiger charge is -2.57. The van der Waals surface area contributed by atoms with Crippen molar-refractivity contribution < 1.29 is 68.2 Å². The van der Waals surface area contributed by atoms with Crippen LogP contribution in [0.1, 0.15) is 68.1 Å². The summed E-state index contributed by atoms with van der Waals surface area (Å²) in [7, 11) is 4.22. The van der Waals surface area contributed by atoms with Crippen molar-refractivity contribution in [1.29, 1.82) is 0 Å². The summed E-state index contributed by atoms with van der Waals surface area (Å²) in [6.45, 7) is 5.74. The monoisotopic (exact) mass is 661 g/mol. The molecule has 0 saturated carbocycles. The summed E-state index contributed by atoms with van der Waals surface area (Å²) >= 11 is 0. The molecule has 5 N–H and O–H groups in total. The van der Waals surface area contributed by atoms with Gasteiger partial charge in [-0.2, -0.15) is 0 Å². The highest BCUT2D eigenvalue weighted by Gasteiger charge is 2.86. The van der Waals surface area contributed by atoms with E-state index in [9.17, 15) is 30.3 Å². The normalized spacial score (nSPS) is 40.3. The highest BCUT2D eigenvalue weighted by atomic mass is 16.9. The Bertz CT molecular complexity index is 1620. The van der Waals surface area contributed by atoms with Crippen LogP contribution in [0.25, 0.3) is 10.8 Å². The van der Waals surface area contributed by atoms with Gasteiger partial charge < -0.3 is 63.4 Å².